The summed E-state index contributed by atoms with van der Waals surface area (Å²) in [4.78, 5) is 35.4. The van der Waals surface area contributed by atoms with E-state index in [2.05, 4.69) is 4.90 Å². The summed E-state index contributed by atoms with van der Waals surface area (Å²) in [5.41, 5.74) is 2.86. The second kappa shape index (κ2) is 12.4. The van der Waals surface area contributed by atoms with Crippen molar-refractivity contribution in [1.29, 1.82) is 0 Å². The summed E-state index contributed by atoms with van der Waals surface area (Å²) in [5, 5.41) is 0. The van der Waals surface area contributed by atoms with Gasteiger partial charge in [-0.3, -0.25) is 9.20 Å². The second-order valence-electron chi connectivity index (χ2n) is 12.9. The Kier molecular flexibility index (Phi) is 8.56. The van der Waals surface area contributed by atoms with E-state index in [1.54, 1.807) is 11.0 Å². The van der Waals surface area contributed by atoms with Crippen LogP contribution in [-0.4, -0.2) is 62.8 Å². The van der Waals surface area contributed by atoms with Crippen LogP contribution in [0.5, 0.6) is 0 Å². The molecule has 2 aromatic heterocycles. The molecule has 2 aliphatic rings. The molecule has 7 nitrogen and oxygen atoms in total. The largest absolute Gasteiger partial charge is 0.444 e. The van der Waals surface area contributed by atoms with Crippen LogP contribution in [0.15, 0.2) is 42.6 Å². The zero-order valence-corrected chi connectivity index (χ0v) is 26.2. The van der Waals surface area contributed by atoms with Crippen LogP contribution in [0.4, 0.5) is 9.18 Å². The summed E-state index contributed by atoms with van der Waals surface area (Å²) in [6, 6.07) is 10.8. The molecule has 6 rings (SSSR count). The Morgan fingerprint density at radius 3 is 2.60 bits per heavy atom. The van der Waals surface area contributed by atoms with Gasteiger partial charge in [-0.05, 0) is 115 Å². The minimum atomic E-state index is -0.582. The van der Waals surface area contributed by atoms with Gasteiger partial charge in [-0.25, -0.2) is 14.2 Å². The smallest absolute Gasteiger partial charge is 0.410 e. The summed E-state index contributed by atoms with van der Waals surface area (Å²) in [6.07, 6.45) is 9.59. The average molecular weight is 605 g/mol. The molecule has 0 N–H and O–H groups in total. The topological polar surface area (TPSA) is 67.2 Å². The zero-order valence-electron chi connectivity index (χ0n) is 25.4. The van der Waals surface area contributed by atoms with E-state index in [1.165, 1.54) is 49.8 Å². The number of carbonyl (C=O) groups excluding carboxylic acids is 2. The third kappa shape index (κ3) is 6.63. The van der Waals surface area contributed by atoms with Crippen LogP contribution in [0.1, 0.15) is 94.1 Å². The molecule has 0 saturated carbocycles. The maximum Gasteiger partial charge on any atom is 0.410 e. The van der Waals surface area contributed by atoms with Crippen molar-refractivity contribution in [2.75, 3.05) is 26.2 Å². The average Bonchev–Trinajstić information content (AvgIpc) is 3.70. The number of rotatable bonds is 8. The summed E-state index contributed by atoms with van der Waals surface area (Å²) < 4.78 is 24.0. The number of aromatic nitrogens is 2. The highest BCUT2D eigenvalue weighted by Crippen LogP contribution is 2.36. The number of halogens is 1. The SMILES string of the molecule is CC(C)(C)OC(=O)N1CCC[C@@H]1c1ccc(-c2cn3c(n2)sc2cc(C(=O)CCCCN4CCCCC4)ccc23)c(F)c1. The standard InChI is InChI=1S/C34H41FN4O3S/c1-34(2,3)42-33(41)38-19-9-10-28(38)23-12-14-25(26(35)20-23)27-22-39-29-15-13-24(21-31(29)43-32(39)36-27)30(40)11-5-8-18-37-16-6-4-7-17-37/h12-15,20-22,28H,4-11,16-19H2,1-3H3/t28-/m1/s1. The summed E-state index contributed by atoms with van der Waals surface area (Å²) >= 11 is 1.51. The molecule has 4 heterocycles. The number of piperidine rings is 1. The Morgan fingerprint density at radius 1 is 1.02 bits per heavy atom. The Hall–Kier alpha value is -3.30. The highest BCUT2D eigenvalue weighted by Gasteiger charge is 2.33. The lowest BCUT2D eigenvalue weighted by Crippen LogP contribution is -2.36. The predicted octanol–water partition coefficient (Wildman–Crippen LogP) is 8.27. The van der Waals surface area contributed by atoms with Crippen molar-refractivity contribution in [3.05, 3.63) is 59.5 Å². The lowest BCUT2D eigenvalue weighted by molar-refractivity contribution is 0.0224. The first kappa shape index (κ1) is 29.8. The maximum absolute atomic E-state index is 15.5. The third-order valence-electron chi connectivity index (χ3n) is 8.53. The van der Waals surface area contributed by atoms with Crippen LogP contribution < -0.4 is 0 Å². The van der Waals surface area contributed by atoms with Gasteiger partial charge in [0.1, 0.15) is 11.4 Å². The minimum Gasteiger partial charge on any atom is -0.444 e. The maximum atomic E-state index is 15.5. The van der Waals surface area contributed by atoms with E-state index < -0.39 is 5.60 Å². The van der Waals surface area contributed by atoms with Gasteiger partial charge >= 0.3 is 6.09 Å². The normalized spacial score (nSPS) is 18.1. The van der Waals surface area contributed by atoms with Crippen molar-refractivity contribution in [1.82, 2.24) is 19.2 Å². The molecular formula is C34H41FN4O3S. The van der Waals surface area contributed by atoms with Crippen LogP contribution in [0, 0.1) is 5.82 Å². The molecule has 0 unspecified atom stereocenters. The molecule has 2 aromatic carbocycles. The van der Waals surface area contributed by atoms with Crippen LogP contribution in [0.25, 0.3) is 26.4 Å². The van der Waals surface area contributed by atoms with Crippen LogP contribution in [0.2, 0.25) is 0 Å². The number of hydrogen-bond donors (Lipinski definition) is 0. The first-order valence-electron chi connectivity index (χ1n) is 15.6. The van der Waals surface area contributed by atoms with E-state index in [0.29, 0.717) is 24.2 Å². The number of hydrogen-bond acceptors (Lipinski definition) is 6. The quantitative estimate of drug-likeness (QED) is 0.150. The van der Waals surface area contributed by atoms with Crippen molar-refractivity contribution < 1.29 is 18.7 Å². The van der Waals surface area contributed by atoms with Crippen molar-refractivity contribution in [3.8, 4) is 11.3 Å². The molecule has 43 heavy (non-hydrogen) atoms. The van der Waals surface area contributed by atoms with Gasteiger partial charge in [0, 0.05) is 30.3 Å². The molecule has 9 heteroatoms. The highest BCUT2D eigenvalue weighted by atomic mass is 32.1. The van der Waals surface area contributed by atoms with E-state index >= 15 is 4.39 Å². The van der Waals surface area contributed by atoms with Crippen molar-refractivity contribution >= 4 is 38.4 Å². The van der Waals surface area contributed by atoms with Gasteiger partial charge in [0.25, 0.3) is 0 Å². The Morgan fingerprint density at radius 2 is 1.84 bits per heavy atom. The number of imidazole rings is 1. The second-order valence-corrected chi connectivity index (χ2v) is 13.9. The number of likely N-dealkylation sites (tertiary alicyclic amines) is 2. The van der Waals surface area contributed by atoms with Crippen LogP contribution in [0.3, 0.4) is 0 Å². The molecule has 0 bridgehead atoms. The van der Waals surface area contributed by atoms with Crippen molar-refractivity contribution in [2.45, 2.75) is 83.8 Å². The van der Waals surface area contributed by atoms with Gasteiger partial charge in [-0.2, -0.15) is 0 Å². The number of fused-ring (bicyclic) bond motifs is 3. The number of unbranched alkanes of at least 4 members (excludes halogenated alkanes) is 1. The van der Waals surface area contributed by atoms with E-state index in [9.17, 15) is 9.59 Å². The van der Waals surface area contributed by atoms with E-state index in [-0.39, 0.29) is 23.7 Å². The molecule has 2 saturated heterocycles. The first-order chi connectivity index (χ1) is 20.7. The molecule has 1 amide bonds. The van der Waals surface area contributed by atoms with Crippen LogP contribution in [-0.2, 0) is 4.74 Å². The Labute approximate surface area is 256 Å². The molecule has 2 fully saturated rings. The lowest BCUT2D eigenvalue weighted by atomic mass is 10.0. The van der Waals surface area contributed by atoms with Crippen molar-refractivity contribution in [3.63, 3.8) is 0 Å². The molecule has 0 radical (unpaired) electrons. The van der Waals surface area contributed by atoms with Gasteiger partial charge in [0.05, 0.1) is 22.0 Å². The number of carbonyl (C=O) groups is 2. The summed E-state index contributed by atoms with van der Waals surface area (Å²) in [5.74, 6) is -0.182. The molecule has 0 spiro atoms. The molecule has 1 atom stereocenters. The monoisotopic (exact) mass is 604 g/mol. The van der Waals surface area contributed by atoms with Crippen LogP contribution >= 0.6 is 11.3 Å². The third-order valence-corrected chi connectivity index (χ3v) is 9.55. The molecule has 4 aromatic rings. The fraction of sp³-hybridized carbons (Fsp3) is 0.500. The van der Waals surface area contributed by atoms with Gasteiger partial charge in [0.15, 0.2) is 10.7 Å². The predicted molar refractivity (Wildman–Crippen MR) is 169 cm³/mol. The Balaban J connectivity index is 1.13. The molecular weight excluding hydrogens is 563 g/mol. The fourth-order valence-electron chi connectivity index (χ4n) is 6.35. The number of amides is 1. The summed E-state index contributed by atoms with van der Waals surface area (Å²) in [6.45, 7) is 9.62. The molecule has 228 valence electrons. The van der Waals surface area contributed by atoms with E-state index in [4.69, 9.17) is 9.72 Å². The van der Waals surface area contributed by atoms with Gasteiger partial charge in [-0.15, -0.1) is 0 Å². The minimum absolute atomic E-state index is 0.182. The Bertz CT molecular complexity index is 1630. The number of ether oxygens (including phenoxy) is 1. The lowest BCUT2D eigenvalue weighted by Gasteiger charge is -2.29. The molecule has 2 aliphatic heterocycles. The van der Waals surface area contributed by atoms with Gasteiger partial charge < -0.3 is 14.5 Å². The molecule has 0 aliphatic carbocycles. The van der Waals surface area contributed by atoms with E-state index in [0.717, 1.165) is 58.5 Å². The summed E-state index contributed by atoms with van der Waals surface area (Å²) in [7, 11) is 0. The zero-order chi connectivity index (χ0) is 30.1. The highest BCUT2D eigenvalue weighted by molar-refractivity contribution is 7.23. The first-order valence-corrected chi connectivity index (χ1v) is 16.4. The van der Waals surface area contributed by atoms with E-state index in [1.807, 2.05) is 55.6 Å². The van der Waals surface area contributed by atoms with Gasteiger partial charge in [0.2, 0.25) is 0 Å². The fourth-order valence-corrected chi connectivity index (χ4v) is 7.40. The number of benzene rings is 2. The number of nitrogens with zero attached hydrogens (tertiary/aromatic N) is 4. The van der Waals surface area contributed by atoms with Gasteiger partial charge in [-0.1, -0.05) is 23.8 Å². The van der Waals surface area contributed by atoms with Crippen molar-refractivity contribution in [2.24, 2.45) is 0 Å². The number of ketones is 1. The number of Topliss-reactive ketones (excluding diaryl/α,β-unsaturated/α-hetero) is 1. The number of thiazole rings is 1.